The Balaban J connectivity index is 1.93. The summed E-state index contributed by atoms with van der Waals surface area (Å²) in [5.41, 5.74) is -4.76. The van der Waals surface area contributed by atoms with Gasteiger partial charge >= 0.3 is 18.3 Å². The van der Waals surface area contributed by atoms with Gasteiger partial charge in [0.2, 0.25) is 0 Å². The number of carbonyl (C=O) groups is 3. The molecule has 1 N–H and O–H groups in total. The molecule has 2 unspecified atom stereocenters. The van der Waals surface area contributed by atoms with E-state index in [-0.39, 0.29) is 19.3 Å². The van der Waals surface area contributed by atoms with Gasteiger partial charge in [-0.05, 0) is 48.0 Å². The highest BCUT2D eigenvalue weighted by molar-refractivity contribution is 14.1. The van der Waals surface area contributed by atoms with Crippen LogP contribution in [0.3, 0.4) is 0 Å². The minimum Gasteiger partial charge on any atom is -0.481 e. The number of carboxylic acid groups (broad SMARTS) is 1. The molecular weight excluding hydrogens is 507 g/mol. The lowest BCUT2D eigenvalue weighted by atomic mass is 9.46. The number of hydrogen-bond acceptors (Lipinski definition) is 7. The van der Waals surface area contributed by atoms with Crippen LogP contribution in [-0.2, 0) is 23.7 Å². The molecule has 0 aliphatic heterocycles. The summed E-state index contributed by atoms with van der Waals surface area (Å²) in [7, 11) is 0. The first kappa shape index (κ1) is 23.4. The summed E-state index contributed by atoms with van der Waals surface area (Å²) in [6.07, 6.45) is 0.349. The van der Waals surface area contributed by atoms with Crippen LogP contribution >= 0.6 is 22.6 Å². The number of halogens is 1. The second-order valence-electron chi connectivity index (χ2n) is 11.3. The molecule has 0 aromatic heterocycles. The summed E-state index contributed by atoms with van der Waals surface area (Å²) >= 11 is 2.25. The van der Waals surface area contributed by atoms with E-state index >= 15 is 0 Å². The maximum Gasteiger partial charge on any atom is 0.509 e. The summed E-state index contributed by atoms with van der Waals surface area (Å²) in [6, 6.07) is 0. The van der Waals surface area contributed by atoms with Gasteiger partial charge in [-0.1, -0.05) is 22.6 Å². The van der Waals surface area contributed by atoms with Crippen molar-refractivity contribution < 1.29 is 38.4 Å². The Bertz CT molecular complexity index is 716. The maximum atomic E-state index is 12.5. The van der Waals surface area contributed by atoms with Crippen molar-refractivity contribution in [3.8, 4) is 0 Å². The monoisotopic (exact) mass is 538 g/mol. The summed E-state index contributed by atoms with van der Waals surface area (Å²) < 4.78 is 21.8. The van der Waals surface area contributed by atoms with Crippen LogP contribution in [0, 0.1) is 5.41 Å². The molecule has 4 rings (SSSR count). The molecule has 0 aromatic rings. The van der Waals surface area contributed by atoms with Crippen molar-refractivity contribution in [1.29, 1.82) is 0 Å². The van der Waals surface area contributed by atoms with Crippen molar-refractivity contribution in [2.45, 2.75) is 106 Å². The second-order valence-corrected chi connectivity index (χ2v) is 13.6. The zero-order valence-electron chi connectivity index (χ0n) is 18.4. The van der Waals surface area contributed by atoms with Gasteiger partial charge in [0.05, 0.1) is 5.41 Å². The molecule has 4 aliphatic rings. The molecule has 4 bridgehead atoms. The minimum atomic E-state index is -1.14. The summed E-state index contributed by atoms with van der Waals surface area (Å²) in [5, 5.41) is 10.1. The lowest BCUT2D eigenvalue weighted by molar-refractivity contribution is -0.236. The molecule has 30 heavy (non-hydrogen) atoms. The highest BCUT2D eigenvalue weighted by atomic mass is 127. The van der Waals surface area contributed by atoms with Gasteiger partial charge < -0.3 is 24.1 Å². The van der Waals surface area contributed by atoms with E-state index in [1.165, 1.54) is 0 Å². The van der Waals surface area contributed by atoms with E-state index in [0.29, 0.717) is 19.3 Å². The van der Waals surface area contributed by atoms with Crippen LogP contribution in [0.15, 0.2) is 0 Å². The highest BCUT2D eigenvalue weighted by Gasteiger charge is 2.73. The Kier molecular flexibility index (Phi) is 5.36. The van der Waals surface area contributed by atoms with Crippen LogP contribution in [-0.4, -0.2) is 49.2 Å². The third-order valence-corrected chi connectivity index (χ3v) is 6.88. The maximum absolute atomic E-state index is 12.5. The van der Waals surface area contributed by atoms with Crippen molar-refractivity contribution in [3.05, 3.63) is 0 Å². The molecular formula is C21H31IO8. The molecule has 4 fully saturated rings. The number of aliphatic carboxylic acids is 1. The van der Waals surface area contributed by atoms with Crippen molar-refractivity contribution in [1.82, 2.24) is 0 Å². The van der Waals surface area contributed by atoms with E-state index < -0.39 is 49.5 Å². The molecule has 4 saturated carbocycles. The molecule has 0 aromatic carbocycles. The van der Waals surface area contributed by atoms with Crippen molar-refractivity contribution in [2.75, 3.05) is 0 Å². The van der Waals surface area contributed by atoms with Gasteiger partial charge in [-0.2, -0.15) is 0 Å². The smallest absolute Gasteiger partial charge is 0.481 e. The van der Waals surface area contributed by atoms with E-state index in [9.17, 15) is 19.5 Å². The van der Waals surface area contributed by atoms with Gasteiger partial charge in [-0.15, -0.1) is 0 Å². The third kappa shape index (κ3) is 4.80. The van der Waals surface area contributed by atoms with Crippen molar-refractivity contribution in [2.24, 2.45) is 5.41 Å². The Hall–Kier alpha value is -1.26. The fourth-order valence-electron chi connectivity index (χ4n) is 5.67. The van der Waals surface area contributed by atoms with Crippen molar-refractivity contribution >= 4 is 40.9 Å². The molecule has 0 radical (unpaired) electrons. The van der Waals surface area contributed by atoms with Crippen molar-refractivity contribution in [3.63, 3.8) is 0 Å². The third-order valence-electron chi connectivity index (χ3n) is 5.73. The molecule has 0 amide bonds. The van der Waals surface area contributed by atoms with Gasteiger partial charge in [0.1, 0.15) is 22.4 Å². The first-order valence-electron chi connectivity index (χ1n) is 10.2. The predicted octanol–water partition coefficient (Wildman–Crippen LogP) is 4.99. The van der Waals surface area contributed by atoms with Gasteiger partial charge in [0.15, 0.2) is 0 Å². The zero-order chi connectivity index (χ0) is 22.8. The predicted molar refractivity (Wildman–Crippen MR) is 115 cm³/mol. The molecule has 0 saturated heterocycles. The van der Waals surface area contributed by atoms with E-state index in [1.807, 2.05) is 0 Å². The number of rotatable bonds is 3. The quantitative estimate of drug-likeness (QED) is 0.304. The molecule has 2 atom stereocenters. The Morgan fingerprint density at radius 2 is 1.13 bits per heavy atom. The van der Waals surface area contributed by atoms with Gasteiger partial charge in [-0.25, -0.2) is 9.59 Å². The summed E-state index contributed by atoms with van der Waals surface area (Å²) in [5.74, 6) is -0.961. The largest absolute Gasteiger partial charge is 0.509 e. The molecule has 4 aliphatic carbocycles. The first-order chi connectivity index (χ1) is 13.4. The number of hydrogen-bond donors (Lipinski definition) is 1. The normalized spacial score (nSPS) is 37.4. The lowest BCUT2D eigenvalue weighted by Gasteiger charge is -2.65. The standard InChI is InChI=1S/C21H31IO8/c1-16(2,3)27-14(25)29-20-8-18(13(23)24)7-19(22,10-20)11-21(9-18,12-20)30-15(26)28-17(4,5)6/h7-12H2,1-6H3,(H,23,24). The van der Waals surface area contributed by atoms with E-state index in [4.69, 9.17) is 18.9 Å². The average molecular weight is 538 g/mol. The van der Waals surface area contributed by atoms with Gasteiger partial charge in [-0.3, -0.25) is 4.79 Å². The van der Waals surface area contributed by atoms with E-state index in [2.05, 4.69) is 22.6 Å². The minimum absolute atomic E-state index is 0.179. The fourth-order valence-corrected chi connectivity index (χ4v) is 7.79. The zero-order valence-corrected chi connectivity index (χ0v) is 20.6. The summed E-state index contributed by atoms with van der Waals surface area (Å²) in [6.45, 7) is 10.4. The Morgan fingerprint density at radius 3 is 1.47 bits per heavy atom. The van der Waals surface area contributed by atoms with E-state index in [1.54, 1.807) is 41.5 Å². The van der Waals surface area contributed by atoms with Crippen LogP contribution in [0.25, 0.3) is 0 Å². The fraction of sp³-hybridized carbons (Fsp3) is 0.857. The molecule has 0 spiro atoms. The second kappa shape index (κ2) is 6.87. The Labute approximate surface area is 190 Å². The summed E-state index contributed by atoms with van der Waals surface area (Å²) in [4.78, 5) is 37.4. The highest BCUT2D eigenvalue weighted by Crippen LogP contribution is 2.69. The first-order valence-corrected chi connectivity index (χ1v) is 11.2. The molecule has 170 valence electrons. The molecule has 0 heterocycles. The number of alkyl halides is 1. The number of carboxylic acids is 1. The van der Waals surface area contributed by atoms with Crippen LogP contribution < -0.4 is 0 Å². The lowest BCUT2D eigenvalue weighted by Crippen LogP contribution is -2.71. The van der Waals surface area contributed by atoms with Crippen LogP contribution in [0.2, 0.25) is 0 Å². The van der Waals surface area contributed by atoms with Crippen LogP contribution in [0.1, 0.15) is 80.1 Å². The number of ether oxygens (including phenoxy) is 4. The van der Waals surface area contributed by atoms with Gasteiger partial charge in [0.25, 0.3) is 0 Å². The molecule has 9 heteroatoms. The average Bonchev–Trinajstić information content (AvgIpc) is 2.37. The number of carbonyl (C=O) groups excluding carboxylic acids is 2. The topological polar surface area (TPSA) is 108 Å². The van der Waals surface area contributed by atoms with Crippen LogP contribution in [0.5, 0.6) is 0 Å². The van der Waals surface area contributed by atoms with Gasteiger partial charge in [0, 0.05) is 35.5 Å². The van der Waals surface area contributed by atoms with E-state index in [0.717, 1.165) is 0 Å². The molecule has 8 nitrogen and oxygen atoms in total. The van der Waals surface area contributed by atoms with Crippen LogP contribution in [0.4, 0.5) is 9.59 Å². The SMILES string of the molecule is CC(C)(C)OC(=O)OC12CC3(I)CC(OC(=O)OC(C)(C)C)(C1)CC(C(=O)O)(C3)C2. The Morgan fingerprint density at radius 1 is 0.733 bits per heavy atom.